The van der Waals surface area contributed by atoms with Crippen molar-refractivity contribution in [2.24, 2.45) is 17.8 Å². The molecule has 0 spiro atoms. The summed E-state index contributed by atoms with van der Waals surface area (Å²) < 4.78 is 33.3. The van der Waals surface area contributed by atoms with Gasteiger partial charge >= 0.3 is 12.1 Å². The summed E-state index contributed by atoms with van der Waals surface area (Å²) in [5, 5.41) is 28.0. The van der Waals surface area contributed by atoms with Gasteiger partial charge in [-0.1, -0.05) is 26.0 Å². The molecule has 5 heterocycles. The normalized spacial score (nSPS) is 35.6. The summed E-state index contributed by atoms with van der Waals surface area (Å²) in [5.41, 5.74) is -1.36. The fourth-order valence-electron chi connectivity index (χ4n) is 9.73. The lowest BCUT2D eigenvalue weighted by molar-refractivity contribution is -0.295. The molecule has 3 fully saturated rings. The molecular weight excluding hydrogens is 789 g/mol. The minimum Gasteiger partial charge on any atom is -0.458 e. The Morgan fingerprint density at radius 3 is 2.38 bits per heavy atom. The van der Waals surface area contributed by atoms with E-state index in [1.54, 1.807) is 52.9 Å². The Morgan fingerprint density at radius 2 is 1.75 bits per heavy atom. The van der Waals surface area contributed by atoms with Gasteiger partial charge in [-0.3, -0.25) is 24.0 Å². The fraction of sp³-hybridized carbons (Fsp3) is 0.767. The number of aryl methyl sites for hydroxylation is 1. The SMILES string of the molecule is CC[C@H]1OC(=O)[C@H](C)C(=O)[C@@H](C)[C@@H](O[C@@H]2O[C@H](C)CC(N(C)C)C2O)[C@](C)(OC)C[C@@H](C)CN(C(C)=O)[C@H](C)[C@H]2N(CCCCn3cc(-c4cccnn4)nn3)C(=O)O[C@]12C. The molecule has 3 saturated heterocycles. The molecule has 2 aromatic rings. The number of aliphatic hydroxyl groups is 1. The first kappa shape index (κ1) is 47.9. The van der Waals surface area contributed by atoms with Crippen LogP contribution in [0.5, 0.6) is 0 Å². The standard InChI is InChI=1S/C43H68N8O10/c1-13-34-43(9)37(50(41(56)61-43)20-15-14-19-49-24-32(46-47-49)31-17-16-18-44-45-31)29(6)51(30(7)52)23-25(2)22-42(8,57-12)38(27(4)35(53)28(5)39(55)59-34)60-40-36(54)33(48(10)11)21-26(3)58-40/h16-18,24-29,33-34,36-38,40,54H,13-15,19-23H2,1-12H3/t25-,26-,27-,28-,29-,33?,34-,36?,37-,38-,40+,42-,43-/m1/s1. The number of ketones is 1. The lowest BCUT2D eigenvalue weighted by Gasteiger charge is -2.47. The number of hydrogen-bond donors (Lipinski definition) is 1. The average molecular weight is 857 g/mol. The van der Waals surface area contributed by atoms with Gasteiger partial charge in [0.25, 0.3) is 0 Å². The maximum absolute atomic E-state index is 14.5. The van der Waals surface area contributed by atoms with E-state index < -0.39 is 77.6 Å². The second-order valence-electron chi connectivity index (χ2n) is 18.0. The molecule has 3 aliphatic rings. The van der Waals surface area contributed by atoms with Crippen LogP contribution in [-0.4, -0.2) is 163 Å². The summed E-state index contributed by atoms with van der Waals surface area (Å²) >= 11 is 0. The van der Waals surface area contributed by atoms with Gasteiger partial charge in [-0.05, 0) is 98.9 Å². The van der Waals surface area contributed by atoms with E-state index in [1.165, 1.54) is 21.0 Å². The highest BCUT2D eigenvalue weighted by Crippen LogP contribution is 2.41. The fourth-order valence-corrected chi connectivity index (χ4v) is 9.73. The van der Waals surface area contributed by atoms with Crippen molar-refractivity contribution in [3.63, 3.8) is 0 Å². The number of amides is 2. The first-order chi connectivity index (χ1) is 28.8. The number of Topliss-reactive ketones (excluding diaryl/α,β-unsaturated/α-hetero) is 1. The van der Waals surface area contributed by atoms with Crippen LogP contribution in [0.15, 0.2) is 24.5 Å². The number of aromatic nitrogens is 5. The lowest BCUT2D eigenvalue weighted by Crippen LogP contribution is -2.62. The van der Waals surface area contributed by atoms with Crippen LogP contribution in [-0.2, 0) is 44.6 Å². The van der Waals surface area contributed by atoms with Crippen LogP contribution < -0.4 is 0 Å². The molecule has 18 heteroatoms. The number of ether oxygens (including phenoxy) is 5. The van der Waals surface area contributed by atoms with Gasteiger partial charge in [-0.25, -0.2) is 4.79 Å². The maximum atomic E-state index is 14.5. The summed E-state index contributed by atoms with van der Waals surface area (Å²) in [6.07, 6.45) is 0.805. The Labute approximate surface area is 359 Å². The van der Waals surface area contributed by atoms with Crippen molar-refractivity contribution in [2.75, 3.05) is 34.3 Å². The van der Waals surface area contributed by atoms with Crippen LogP contribution in [0.4, 0.5) is 4.79 Å². The van der Waals surface area contributed by atoms with E-state index in [9.17, 15) is 24.3 Å². The largest absolute Gasteiger partial charge is 0.458 e. The van der Waals surface area contributed by atoms with E-state index in [-0.39, 0.29) is 43.5 Å². The molecule has 0 saturated carbocycles. The van der Waals surface area contributed by atoms with Gasteiger partial charge < -0.3 is 38.6 Å². The Bertz CT molecular complexity index is 1820. The van der Waals surface area contributed by atoms with Crippen LogP contribution in [0, 0.1) is 17.8 Å². The number of unbranched alkanes of at least 4 members (excludes halogenated alkanes) is 1. The number of cyclic esters (lactones) is 1. The molecule has 0 aliphatic carbocycles. The van der Waals surface area contributed by atoms with E-state index >= 15 is 0 Å². The quantitative estimate of drug-likeness (QED) is 0.195. The molecule has 0 bridgehead atoms. The summed E-state index contributed by atoms with van der Waals surface area (Å²) in [5.74, 6) is -3.84. The second kappa shape index (κ2) is 19.9. The van der Waals surface area contributed by atoms with Gasteiger partial charge in [0.2, 0.25) is 5.91 Å². The van der Waals surface area contributed by atoms with Crippen LogP contribution in [0.3, 0.4) is 0 Å². The number of methoxy groups -OCH3 is 1. The lowest BCUT2D eigenvalue weighted by atomic mass is 9.78. The number of rotatable bonds is 11. The van der Waals surface area contributed by atoms with Crippen molar-refractivity contribution in [1.82, 2.24) is 39.9 Å². The van der Waals surface area contributed by atoms with Crippen molar-refractivity contribution in [1.29, 1.82) is 0 Å². The number of likely N-dealkylation sites (N-methyl/N-ethyl adjacent to an activating group) is 1. The predicted molar refractivity (Wildman–Crippen MR) is 223 cm³/mol. The minimum absolute atomic E-state index is 0.216. The topological polar surface area (TPSA) is 201 Å². The van der Waals surface area contributed by atoms with Gasteiger partial charge in [0.05, 0.1) is 36.1 Å². The van der Waals surface area contributed by atoms with Crippen LogP contribution in [0.1, 0.15) is 94.4 Å². The Kier molecular flexibility index (Phi) is 15.7. The number of esters is 1. The number of carbonyl (C=O) groups is 4. The van der Waals surface area contributed by atoms with E-state index in [1.807, 2.05) is 53.6 Å². The average Bonchev–Trinajstić information content (AvgIpc) is 3.80. The molecule has 3 aliphatic heterocycles. The zero-order chi connectivity index (χ0) is 45.0. The van der Waals surface area contributed by atoms with Gasteiger partial charge in [-0.15, -0.1) is 10.2 Å². The monoisotopic (exact) mass is 857 g/mol. The molecule has 2 amide bonds. The van der Waals surface area contributed by atoms with Crippen LogP contribution >= 0.6 is 0 Å². The molecule has 0 aromatic carbocycles. The highest BCUT2D eigenvalue weighted by molar-refractivity contribution is 6.00. The molecular formula is C43H68N8O10. The number of nitrogens with zero attached hydrogens (tertiary/aromatic N) is 8. The highest BCUT2D eigenvalue weighted by Gasteiger charge is 2.60. The molecule has 18 nitrogen and oxygen atoms in total. The van der Waals surface area contributed by atoms with Gasteiger partial charge in [0.1, 0.15) is 29.5 Å². The van der Waals surface area contributed by atoms with Gasteiger partial charge in [0.15, 0.2) is 17.7 Å². The number of carbonyl (C=O) groups excluding carboxylic acids is 4. The molecule has 61 heavy (non-hydrogen) atoms. The van der Waals surface area contributed by atoms with Crippen molar-refractivity contribution in [3.05, 3.63) is 24.5 Å². The minimum atomic E-state index is -1.40. The molecule has 2 unspecified atom stereocenters. The zero-order valence-electron chi connectivity index (χ0n) is 38.0. The van der Waals surface area contributed by atoms with Crippen LogP contribution in [0.2, 0.25) is 0 Å². The van der Waals surface area contributed by atoms with E-state index in [4.69, 9.17) is 23.7 Å². The summed E-state index contributed by atoms with van der Waals surface area (Å²) in [7, 11) is 5.30. The summed E-state index contributed by atoms with van der Waals surface area (Å²) in [6.45, 7) is 17.0. The molecule has 2 aromatic heterocycles. The van der Waals surface area contributed by atoms with Crippen LogP contribution in [0.25, 0.3) is 11.4 Å². The van der Waals surface area contributed by atoms with Gasteiger partial charge in [0, 0.05) is 51.8 Å². The first-order valence-corrected chi connectivity index (χ1v) is 21.7. The second-order valence-corrected chi connectivity index (χ2v) is 18.0. The van der Waals surface area contributed by atoms with Crippen molar-refractivity contribution >= 4 is 23.8 Å². The van der Waals surface area contributed by atoms with Crippen molar-refractivity contribution in [2.45, 2.75) is 161 Å². The highest BCUT2D eigenvalue weighted by atomic mass is 16.7. The van der Waals surface area contributed by atoms with Crippen molar-refractivity contribution in [3.8, 4) is 11.4 Å². The Balaban J connectivity index is 1.46. The smallest absolute Gasteiger partial charge is 0.410 e. The third-order valence-corrected chi connectivity index (χ3v) is 13.1. The Hall–Kier alpha value is -4.10. The van der Waals surface area contributed by atoms with E-state index in [2.05, 4.69) is 20.5 Å². The third-order valence-electron chi connectivity index (χ3n) is 13.1. The molecule has 1 N–H and O–H groups in total. The maximum Gasteiger partial charge on any atom is 0.410 e. The predicted octanol–water partition coefficient (Wildman–Crippen LogP) is 3.75. The van der Waals surface area contributed by atoms with E-state index in [0.717, 1.165) is 0 Å². The van der Waals surface area contributed by atoms with Gasteiger partial charge in [-0.2, -0.15) is 5.10 Å². The third kappa shape index (κ3) is 10.4. The number of aliphatic hydroxyl groups excluding tert-OH is 1. The number of hydrogen-bond acceptors (Lipinski definition) is 15. The molecule has 340 valence electrons. The Morgan fingerprint density at radius 1 is 1.05 bits per heavy atom. The molecule has 0 radical (unpaired) electrons. The number of fused-ring (bicyclic) bond motifs is 1. The van der Waals surface area contributed by atoms with E-state index in [0.29, 0.717) is 43.6 Å². The molecule has 13 atom stereocenters. The first-order valence-electron chi connectivity index (χ1n) is 21.7. The molecule has 5 rings (SSSR count). The zero-order valence-corrected chi connectivity index (χ0v) is 38.0. The van der Waals surface area contributed by atoms with Crippen molar-refractivity contribution < 1.29 is 48.0 Å². The summed E-state index contributed by atoms with van der Waals surface area (Å²) in [6, 6.07) is 1.97. The summed E-state index contributed by atoms with van der Waals surface area (Å²) in [4.78, 5) is 61.6.